The molecule has 2 saturated heterocycles. The molecule has 9 nitrogen and oxygen atoms in total. The van der Waals surface area contributed by atoms with Crippen LogP contribution in [0.4, 0.5) is 4.79 Å². The topological polar surface area (TPSA) is 125 Å². The third kappa shape index (κ3) is 4.51. The predicted octanol–water partition coefficient (Wildman–Crippen LogP) is 0.187. The summed E-state index contributed by atoms with van der Waals surface area (Å²) in [6.45, 7) is 1.46. The van der Waals surface area contributed by atoms with E-state index < -0.39 is 54.7 Å². The first-order valence-corrected chi connectivity index (χ1v) is 9.72. The van der Waals surface area contributed by atoms with Gasteiger partial charge in [-0.15, -0.1) is 0 Å². The van der Waals surface area contributed by atoms with E-state index in [-0.39, 0.29) is 13.2 Å². The highest BCUT2D eigenvalue weighted by molar-refractivity contribution is 5.88. The van der Waals surface area contributed by atoms with Gasteiger partial charge in [-0.25, -0.2) is 9.59 Å². The number of nitrogens with one attached hydrogen (secondary N) is 1. The van der Waals surface area contributed by atoms with Crippen LogP contribution in [0.2, 0.25) is 0 Å². The van der Waals surface area contributed by atoms with Crippen LogP contribution < -0.4 is 5.32 Å². The Morgan fingerprint density at radius 1 is 1.10 bits per heavy atom. The first-order valence-electron chi connectivity index (χ1n) is 9.72. The molecule has 3 aliphatic rings. The van der Waals surface area contributed by atoms with E-state index in [0.29, 0.717) is 12.8 Å². The summed E-state index contributed by atoms with van der Waals surface area (Å²) in [5.74, 6) is -1.77. The van der Waals surface area contributed by atoms with Crippen molar-refractivity contribution in [2.24, 2.45) is 5.92 Å². The van der Waals surface area contributed by atoms with Gasteiger partial charge in [-0.2, -0.15) is 0 Å². The van der Waals surface area contributed by atoms with E-state index in [0.717, 1.165) is 5.56 Å². The molecule has 9 heteroatoms. The molecular formula is C20H26N2O7. The van der Waals surface area contributed by atoms with Gasteiger partial charge in [0.05, 0.1) is 18.8 Å². The van der Waals surface area contributed by atoms with Crippen LogP contribution >= 0.6 is 0 Å². The van der Waals surface area contributed by atoms with E-state index >= 15 is 0 Å². The van der Waals surface area contributed by atoms with Gasteiger partial charge in [0.25, 0.3) is 0 Å². The molecule has 3 N–H and O–H groups in total. The zero-order chi connectivity index (χ0) is 21.0. The quantitative estimate of drug-likeness (QED) is 0.576. The molecule has 29 heavy (non-hydrogen) atoms. The minimum atomic E-state index is -1.14. The Bertz CT molecular complexity index is 742. The molecule has 0 radical (unpaired) electrons. The lowest BCUT2D eigenvalue weighted by atomic mass is 9.71. The van der Waals surface area contributed by atoms with Crippen molar-refractivity contribution < 1.29 is 34.1 Å². The number of hydrogen-bond donors (Lipinski definition) is 3. The average molecular weight is 406 g/mol. The van der Waals surface area contributed by atoms with Gasteiger partial charge >= 0.3 is 12.1 Å². The summed E-state index contributed by atoms with van der Waals surface area (Å²) in [4.78, 5) is 38.4. The highest BCUT2D eigenvalue weighted by atomic mass is 16.5. The molecule has 2 heterocycles. The number of hydrogen-bond acceptors (Lipinski definition) is 7. The smallest absolute Gasteiger partial charge is 0.407 e. The number of aliphatic hydroxyl groups is 2. The fourth-order valence-electron chi connectivity index (χ4n) is 4.12. The maximum Gasteiger partial charge on any atom is 0.407 e. The lowest BCUT2D eigenvalue weighted by Gasteiger charge is -2.54. The van der Waals surface area contributed by atoms with Crippen LogP contribution in [0, 0.1) is 5.92 Å². The fraction of sp³-hybridized carbons (Fsp3) is 0.550. The number of piperidine rings is 2. The lowest BCUT2D eigenvalue weighted by Crippen LogP contribution is -2.71. The van der Waals surface area contributed by atoms with Gasteiger partial charge < -0.3 is 29.9 Å². The lowest BCUT2D eigenvalue weighted by molar-refractivity contribution is -0.194. The molecule has 0 aromatic heterocycles. The molecule has 1 saturated carbocycles. The highest BCUT2D eigenvalue weighted by Gasteiger charge is 2.56. The standard InChI is InChI=1S/C20H26N2O7/c1-2-28-19(26)16-13-8-9-14(18(25)17(13)24)22(16)15(23)10-21-20(27)29-11-12-6-4-3-5-7-12/h3-7,13-14,16-18,24-25H,2,8-11H2,1H3,(H,21,27)/t13-,14-,16-,17-,18+/m0/s1. The van der Waals surface area contributed by atoms with Gasteiger partial charge in [0, 0.05) is 5.92 Å². The first-order chi connectivity index (χ1) is 13.9. The monoisotopic (exact) mass is 406 g/mol. The van der Waals surface area contributed by atoms with Crippen molar-refractivity contribution in [2.75, 3.05) is 13.2 Å². The zero-order valence-corrected chi connectivity index (χ0v) is 16.2. The van der Waals surface area contributed by atoms with E-state index in [1.54, 1.807) is 19.1 Å². The second-order valence-electron chi connectivity index (χ2n) is 7.20. The van der Waals surface area contributed by atoms with Crippen LogP contribution in [-0.2, 0) is 25.7 Å². The van der Waals surface area contributed by atoms with Crippen LogP contribution in [0.3, 0.4) is 0 Å². The Labute approximate surface area is 168 Å². The van der Waals surface area contributed by atoms with Crippen LogP contribution in [0.5, 0.6) is 0 Å². The van der Waals surface area contributed by atoms with E-state index in [2.05, 4.69) is 5.32 Å². The molecule has 2 bridgehead atoms. The van der Waals surface area contributed by atoms with Gasteiger partial charge in [0.1, 0.15) is 25.3 Å². The van der Waals surface area contributed by atoms with Crippen molar-refractivity contribution in [3.05, 3.63) is 35.9 Å². The Morgan fingerprint density at radius 3 is 2.52 bits per heavy atom. The van der Waals surface area contributed by atoms with Gasteiger partial charge in [-0.1, -0.05) is 30.3 Å². The number of fused-ring (bicyclic) bond motifs is 3. The third-order valence-corrected chi connectivity index (χ3v) is 5.45. The van der Waals surface area contributed by atoms with Gasteiger partial charge in [0.15, 0.2) is 0 Å². The summed E-state index contributed by atoms with van der Waals surface area (Å²) in [7, 11) is 0. The number of aliphatic hydroxyl groups excluding tert-OH is 2. The minimum absolute atomic E-state index is 0.0611. The molecule has 1 aromatic carbocycles. The molecule has 0 unspecified atom stereocenters. The van der Waals surface area contributed by atoms with E-state index in [4.69, 9.17) is 9.47 Å². The van der Waals surface area contributed by atoms with Crippen molar-refractivity contribution in [3.8, 4) is 0 Å². The first kappa shape index (κ1) is 21.1. The molecule has 1 aliphatic carbocycles. The molecular weight excluding hydrogens is 380 g/mol. The van der Waals surface area contributed by atoms with Crippen LogP contribution in [0.1, 0.15) is 25.3 Å². The molecule has 0 spiro atoms. The highest BCUT2D eigenvalue weighted by Crippen LogP contribution is 2.40. The van der Waals surface area contributed by atoms with E-state index in [1.807, 2.05) is 18.2 Å². The molecule has 5 atom stereocenters. The van der Waals surface area contributed by atoms with E-state index in [1.165, 1.54) is 4.90 Å². The third-order valence-electron chi connectivity index (χ3n) is 5.45. The average Bonchev–Trinajstić information content (AvgIpc) is 2.74. The number of amides is 2. The van der Waals surface area contributed by atoms with Crippen molar-refractivity contribution in [1.29, 1.82) is 0 Å². The van der Waals surface area contributed by atoms with Crippen molar-refractivity contribution in [2.45, 2.75) is 50.7 Å². The van der Waals surface area contributed by atoms with E-state index in [9.17, 15) is 24.6 Å². The number of alkyl carbamates (subject to hydrolysis) is 1. The largest absolute Gasteiger partial charge is 0.464 e. The Hall–Kier alpha value is -2.65. The number of ether oxygens (including phenoxy) is 2. The van der Waals surface area contributed by atoms with Crippen LogP contribution in [-0.4, -0.2) is 70.5 Å². The number of esters is 1. The summed E-state index contributed by atoms with van der Waals surface area (Å²) in [5.41, 5.74) is 0.807. The summed E-state index contributed by atoms with van der Waals surface area (Å²) in [6, 6.07) is 7.40. The second-order valence-corrected chi connectivity index (χ2v) is 7.20. The number of carbonyl (C=O) groups is 3. The summed E-state index contributed by atoms with van der Waals surface area (Å²) < 4.78 is 10.2. The number of nitrogens with zero attached hydrogens (tertiary/aromatic N) is 1. The summed E-state index contributed by atoms with van der Waals surface area (Å²) in [6.07, 6.45) is -2.05. The Kier molecular flexibility index (Phi) is 6.71. The van der Waals surface area contributed by atoms with Gasteiger partial charge in [-0.3, -0.25) is 4.79 Å². The normalized spacial score (nSPS) is 28.0. The maximum absolute atomic E-state index is 12.8. The fourth-order valence-corrected chi connectivity index (χ4v) is 4.12. The second kappa shape index (κ2) is 9.23. The summed E-state index contributed by atoms with van der Waals surface area (Å²) in [5, 5.41) is 22.9. The minimum Gasteiger partial charge on any atom is -0.464 e. The van der Waals surface area contributed by atoms with Crippen LogP contribution in [0.25, 0.3) is 0 Å². The Morgan fingerprint density at radius 2 is 1.83 bits per heavy atom. The maximum atomic E-state index is 12.8. The predicted molar refractivity (Wildman–Crippen MR) is 100 cm³/mol. The molecule has 4 rings (SSSR count). The molecule has 2 aliphatic heterocycles. The molecule has 3 fully saturated rings. The Balaban J connectivity index is 1.61. The number of benzene rings is 1. The molecule has 1 aromatic rings. The number of carbonyl (C=O) groups excluding carboxylic acids is 3. The number of rotatable bonds is 6. The van der Waals surface area contributed by atoms with Gasteiger partial charge in [-0.05, 0) is 25.3 Å². The van der Waals surface area contributed by atoms with Crippen molar-refractivity contribution >= 4 is 18.0 Å². The molecule has 2 amide bonds. The van der Waals surface area contributed by atoms with Crippen LogP contribution in [0.15, 0.2) is 30.3 Å². The summed E-state index contributed by atoms with van der Waals surface area (Å²) >= 11 is 0. The zero-order valence-electron chi connectivity index (χ0n) is 16.2. The molecule has 158 valence electrons. The SMILES string of the molecule is CCOC(=O)[C@@H]1[C@@H]2CC[C@@H]([C@@H](O)[C@H]2O)N1C(=O)CNC(=O)OCc1ccccc1. The van der Waals surface area contributed by atoms with Gasteiger partial charge in [0.2, 0.25) is 5.91 Å². The van der Waals surface area contributed by atoms with Crippen molar-refractivity contribution in [1.82, 2.24) is 10.2 Å². The van der Waals surface area contributed by atoms with Crippen molar-refractivity contribution in [3.63, 3.8) is 0 Å².